The highest BCUT2D eigenvalue weighted by atomic mass is 32.1. The predicted molar refractivity (Wildman–Crippen MR) is 91.4 cm³/mol. The summed E-state index contributed by atoms with van der Waals surface area (Å²) in [6.45, 7) is 2.02. The number of hydrogen-bond acceptors (Lipinski definition) is 3. The molecule has 1 aromatic heterocycles. The molecule has 116 valence electrons. The Morgan fingerprint density at radius 3 is 2.52 bits per heavy atom. The fourth-order valence-electron chi connectivity index (χ4n) is 2.18. The summed E-state index contributed by atoms with van der Waals surface area (Å²) in [7, 11) is 1.60. The van der Waals surface area contributed by atoms with Gasteiger partial charge in [-0.15, -0.1) is 11.3 Å². The molecule has 0 fully saturated rings. The van der Waals surface area contributed by atoms with E-state index in [4.69, 9.17) is 0 Å². The van der Waals surface area contributed by atoms with Crippen LogP contribution in [0.1, 0.15) is 15.9 Å². The second-order valence-electron chi connectivity index (χ2n) is 5.23. The monoisotopic (exact) mass is 326 g/mol. The Hall–Kier alpha value is -2.53. The van der Waals surface area contributed by atoms with Gasteiger partial charge in [-0.2, -0.15) is 0 Å². The average Bonchev–Trinajstić information content (AvgIpc) is 3.04. The number of hydrogen-bond donors (Lipinski definition) is 0. The minimum absolute atomic E-state index is 0.0436. The lowest BCUT2D eigenvalue weighted by Gasteiger charge is -2.14. The Morgan fingerprint density at radius 1 is 1.13 bits per heavy atom. The number of amides is 1. The first-order valence-corrected chi connectivity index (χ1v) is 7.99. The molecule has 0 spiro atoms. The smallest absolute Gasteiger partial charge is 0.262 e. The van der Waals surface area contributed by atoms with Crippen LogP contribution in [0.2, 0.25) is 0 Å². The zero-order valence-electron chi connectivity index (χ0n) is 12.8. The number of aromatic nitrogens is 1. The summed E-state index contributed by atoms with van der Waals surface area (Å²) >= 11 is 1.36. The number of anilines is 1. The number of carbonyl (C=O) groups excluding carboxylic acids is 1. The molecule has 0 aliphatic carbocycles. The van der Waals surface area contributed by atoms with Crippen molar-refractivity contribution in [2.45, 2.75) is 6.92 Å². The molecule has 0 bridgehead atoms. The number of aryl methyl sites for hydroxylation is 1. The SMILES string of the molecule is Cc1ccc(-c2csc(N(C)C(=O)c3ccccc3F)n2)cc1. The molecule has 3 nitrogen and oxygen atoms in total. The highest BCUT2D eigenvalue weighted by Crippen LogP contribution is 2.28. The number of rotatable bonds is 3. The molecule has 3 aromatic rings. The fourth-order valence-corrected chi connectivity index (χ4v) is 2.98. The van der Waals surface area contributed by atoms with Gasteiger partial charge >= 0.3 is 0 Å². The van der Waals surface area contributed by atoms with Gasteiger partial charge in [0, 0.05) is 18.0 Å². The second kappa shape index (κ2) is 6.30. The lowest BCUT2D eigenvalue weighted by atomic mass is 10.1. The zero-order valence-corrected chi connectivity index (χ0v) is 13.6. The molecule has 0 aliphatic rings. The van der Waals surface area contributed by atoms with Crippen LogP contribution in [-0.2, 0) is 0 Å². The molecular formula is C18H15FN2OS. The van der Waals surface area contributed by atoms with Gasteiger partial charge in [0.15, 0.2) is 5.13 Å². The van der Waals surface area contributed by atoms with Crippen molar-refractivity contribution >= 4 is 22.4 Å². The zero-order chi connectivity index (χ0) is 16.4. The van der Waals surface area contributed by atoms with E-state index in [1.165, 1.54) is 33.9 Å². The van der Waals surface area contributed by atoms with Gasteiger partial charge in [-0.3, -0.25) is 9.69 Å². The van der Waals surface area contributed by atoms with Crippen LogP contribution < -0.4 is 4.90 Å². The average molecular weight is 326 g/mol. The van der Waals surface area contributed by atoms with Crippen molar-refractivity contribution in [3.05, 3.63) is 70.9 Å². The summed E-state index contributed by atoms with van der Waals surface area (Å²) in [5.74, 6) is -0.937. The number of thiazole rings is 1. The Bertz CT molecular complexity index is 842. The highest BCUT2D eigenvalue weighted by Gasteiger charge is 2.19. The molecule has 0 saturated heterocycles. The van der Waals surface area contributed by atoms with Gasteiger partial charge in [0.25, 0.3) is 5.91 Å². The maximum atomic E-state index is 13.8. The van der Waals surface area contributed by atoms with E-state index in [1.807, 2.05) is 36.6 Å². The third kappa shape index (κ3) is 3.14. The molecule has 1 heterocycles. The number of benzene rings is 2. The van der Waals surface area contributed by atoms with Crippen LogP contribution in [0.25, 0.3) is 11.3 Å². The maximum absolute atomic E-state index is 13.8. The van der Waals surface area contributed by atoms with Crippen molar-refractivity contribution in [3.63, 3.8) is 0 Å². The second-order valence-corrected chi connectivity index (χ2v) is 6.06. The van der Waals surface area contributed by atoms with Crippen molar-refractivity contribution in [1.82, 2.24) is 4.98 Å². The van der Waals surface area contributed by atoms with Gasteiger partial charge < -0.3 is 0 Å². The largest absolute Gasteiger partial charge is 0.287 e. The minimum Gasteiger partial charge on any atom is -0.287 e. The van der Waals surface area contributed by atoms with Crippen molar-refractivity contribution in [2.75, 3.05) is 11.9 Å². The van der Waals surface area contributed by atoms with Crippen LogP contribution in [0.5, 0.6) is 0 Å². The molecule has 0 atom stereocenters. The molecule has 0 aliphatic heterocycles. The van der Waals surface area contributed by atoms with Crippen LogP contribution in [-0.4, -0.2) is 17.9 Å². The maximum Gasteiger partial charge on any atom is 0.262 e. The first kappa shape index (κ1) is 15.4. The standard InChI is InChI=1S/C18H15FN2OS/c1-12-7-9-13(10-8-12)16-11-23-18(20-16)21(2)17(22)14-5-3-4-6-15(14)19/h3-11H,1-2H3. The van der Waals surface area contributed by atoms with Crippen molar-refractivity contribution < 1.29 is 9.18 Å². The van der Waals surface area contributed by atoms with E-state index in [2.05, 4.69) is 4.98 Å². The highest BCUT2D eigenvalue weighted by molar-refractivity contribution is 7.14. The van der Waals surface area contributed by atoms with E-state index < -0.39 is 11.7 Å². The van der Waals surface area contributed by atoms with Gasteiger partial charge in [0.1, 0.15) is 5.82 Å². The van der Waals surface area contributed by atoms with E-state index >= 15 is 0 Å². The Balaban J connectivity index is 1.86. The summed E-state index contributed by atoms with van der Waals surface area (Å²) in [5, 5.41) is 2.43. The van der Waals surface area contributed by atoms with E-state index in [0.29, 0.717) is 5.13 Å². The van der Waals surface area contributed by atoms with Gasteiger partial charge in [-0.25, -0.2) is 9.37 Å². The van der Waals surface area contributed by atoms with Crippen molar-refractivity contribution in [1.29, 1.82) is 0 Å². The van der Waals surface area contributed by atoms with Gasteiger partial charge in [-0.05, 0) is 19.1 Å². The third-order valence-electron chi connectivity index (χ3n) is 3.54. The molecule has 0 saturated carbocycles. The van der Waals surface area contributed by atoms with Gasteiger partial charge in [0.05, 0.1) is 11.3 Å². The normalized spacial score (nSPS) is 10.6. The van der Waals surface area contributed by atoms with E-state index in [-0.39, 0.29) is 5.56 Å². The molecule has 0 radical (unpaired) electrons. The molecule has 2 aromatic carbocycles. The van der Waals surface area contributed by atoms with Crippen LogP contribution in [0.15, 0.2) is 53.9 Å². The van der Waals surface area contributed by atoms with Crippen molar-refractivity contribution in [2.24, 2.45) is 0 Å². The number of nitrogens with zero attached hydrogens (tertiary/aromatic N) is 2. The van der Waals surface area contributed by atoms with Gasteiger partial charge in [0.2, 0.25) is 0 Å². The summed E-state index contributed by atoms with van der Waals surface area (Å²) in [4.78, 5) is 18.3. The molecule has 0 N–H and O–H groups in total. The Morgan fingerprint density at radius 2 is 1.83 bits per heavy atom. The van der Waals surface area contributed by atoms with Crippen LogP contribution in [0.3, 0.4) is 0 Å². The summed E-state index contributed by atoms with van der Waals surface area (Å²) in [6, 6.07) is 14.0. The van der Waals surface area contributed by atoms with E-state index in [9.17, 15) is 9.18 Å². The Kier molecular flexibility index (Phi) is 4.21. The summed E-state index contributed by atoms with van der Waals surface area (Å²) in [6.07, 6.45) is 0. The Labute approximate surface area is 138 Å². The topological polar surface area (TPSA) is 33.2 Å². The van der Waals surface area contributed by atoms with Crippen LogP contribution in [0, 0.1) is 12.7 Å². The fraction of sp³-hybridized carbons (Fsp3) is 0.111. The lowest BCUT2D eigenvalue weighted by Crippen LogP contribution is -2.26. The quantitative estimate of drug-likeness (QED) is 0.708. The number of halogens is 1. The van der Waals surface area contributed by atoms with Crippen LogP contribution >= 0.6 is 11.3 Å². The molecular weight excluding hydrogens is 311 g/mol. The predicted octanol–water partition coefficient (Wildman–Crippen LogP) is 4.53. The molecule has 1 amide bonds. The first-order valence-electron chi connectivity index (χ1n) is 7.11. The third-order valence-corrected chi connectivity index (χ3v) is 4.45. The van der Waals surface area contributed by atoms with E-state index in [1.54, 1.807) is 19.2 Å². The minimum atomic E-state index is -0.528. The van der Waals surface area contributed by atoms with E-state index in [0.717, 1.165) is 11.3 Å². The summed E-state index contributed by atoms with van der Waals surface area (Å²) in [5.41, 5.74) is 3.01. The lowest BCUT2D eigenvalue weighted by molar-refractivity contribution is 0.0989. The first-order chi connectivity index (χ1) is 11.1. The molecule has 0 unspecified atom stereocenters. The molecule has 23 heavy (non-hydrogen) atoms. The molecule has 3 rings (SSSR count). The summed E-state index contributed by atoms with van der Waals surface area (Å²) < 4.78 is 13.8. The van der Waals surface area contributed by atoms with Crippen molar-refractivity contribution in [3.8, 4) is 11.3 Å². The van der Waals surface area contributed by atoms with Gasteiger partial charge in [-0.1, -0.05) is 42.0 Å². The molecule has 5 heteroatoms. The van der Waals surface area contributed by atoms with Crippen LogP contribution in [0.4, 0.5) is 9.52 Å². The number of carbonyl (C=O) groups is 1.